The van der Waals surface area contributed by atoms with Gasteiger partial charge in [-0.25, -0.2) is 0 Å². The van der Waals surface area contributed by atoms with Gasteiger partial charge in [-0.05, 0) is 23.5 Å². The molecule has 2 atom stereocenters. The standard InChI is InChI=1S/C16H19N3OS2/c1-3-13-15(22-18-17-13)16(20)19-9-10-21-11(2)14(19)12-7-5-4-6-8-12/h4-8,11,14H,3,9-10H2,1-2H3/t11-,14-/m0/s1. The molecule has 0 aliphatic carbocycles. The number of carbonyl (C=O) groups excluding carboxylic acids is 1. The summed E-state index contributed by atoms with van der Waals surface area (Å²) in [6, 6.07) is 10.4. The normalized spacial score (nSPS) is 21.8. The van der Waals surface area contributed by atoms with Crippen LogP contribution in [0.1, 0.15) is 40.8 Å². The summed E-state index contributed by atoms with van der Waals surface area (Å²) >= 11 is 3.14. The molecule has 0 unspecified atom stereocenters. The van der Waals surface area contributed by atoms with E-state index in [0.717, 1.165) is 24.4 Å². The van der Waals surface area contributed by atoms with E-state index >= 15 is 0 Å². The second-order valence-corrected chi connectivity index (χ2v) is 7.57. The van der Waals surface area contributed by atoms with Crippen LogP contribution in [-0.4, -0.2) is 37.9 Å². The van der Waals surface area contributed by atoms with Crippen LogP contribution in [0.3, 0.4) is 0 Å². The Morgan fingerprint density at radius 3 is 2.86 bits per heavy atom. The van der Waals surface area contributed by atoms with Gasteiger partial charge in [-0.1, -0.05) is 48.7 Å². The van der Waals surface area contributed by atoms with E-state index in [-0.39, 0.29) is 11.9 Å². The Morgan fingerprint density at radius 2 is 2.14 bits per heavy atom. The number of aromatic nitrogens is 2. The minimum atomic E-state index is 0.0767. The van der Waals surface area contributed by atoms with Gasteiger partial charge in [0.2, 0.25) is 0 Å². The lowest BCUT2D eigenvalue weighted by Crippen LogP contribution is -2.44. The predicted molar refractivity (Wildman–Crippen MR) is 91.4 cm³/mol. The van der Waals surface area contributed by atoms with Crippen molar-refractivity contribution in [3.05, 3.63) is 46.5 Å². The van der Waals surface area contributed by atoms with E-state index in [1.807, 2.05) is 41.8 Å². The largest absolute Gasteiger partial charge is 0.329 e. The molecule has 0 N–H and O–H groups in total. The molecule has 1 fully saturated rings. The summed E-state index contributed by atoms with van der Waals surface area (Å²) in [5.41, 5.74) is 2.01. The molecule has 1 saturated heterocycles. The van der Waals surface area contributed by atoms with Gasteiger partial charge < -0.3 is 4.90 Å². The summed E-state index contributed by atoms with van der Waals surface area (Å²) in [6.45, 7) is 4.98. The van der Waals surface area contributed by atoms with Gasteiger partial charge in [-0.15, -0.1) is 5.10 Å². The maximum Gasteiger partial charge on any atom is 0.268 e. The number of carbonyl (C=O) groups is 1. The Hall–Kier alpha value is -1.40. The van der Waals surface area contributed by atoms with Crippen LogP contribution in [0.2, 0.25) is 0 Å². The SMILES string of the molecule is CCc1nnsc1C(=O)N1CCS[C@@H](C)[C@H]1c1ccccc1. The predicted octanol–water partition coefficient (Wildman–Crippen LogP) is 3.42. The van der Waals surface area contributed by atoms with Crippen molar-refractivity contribution in [2.75, 3.05) is 12.3 Å². The highest BCUT2D eigenvalue weighted by Crippen LogP contribution is 2.37. The fourth-order valence-electron chi connectivity index (χ4n) is 2.88. The average Bonchev–Trinajstić information content (AvgIpc) is 3.03. The van der Waals surface area contributed by atoms with Crippen LogP contribution in [0.15, 0.2) is 30.3 Å². The molecular formula is C16H19N3OS2. The summed E-state index contributed by atoms with van der Waals surface area (Å²) in [7, 11) is 0. The van der Waals surface area contributed by atoms with Crippen LogP contribution < -0.4 is 0 Å². The summed E-state index contributed by atoms with van der Waals surface area (Å²) in [6.07, 6.45) is 0.742. The first-order valence-corrected chi connectivity index (χ1v) is 9.33. The molecule has 4 nitrogen and oxygen atoms in total. The Labute approximate surface area is 139 Å². The third kappa shape index (κ3) is 2.90. The van der Waals surface area contributed by atoms with E-state index in [0.29, 0.717) is 10.1 Å². The molecule has 1 aliphatic rings. The van der Waals surface area contributed by atoms with E-state index in [1.165, 1.54) is 17.1 Å². The van der Waals surface area contributed by atoms with Crippen molar-refractivity contribution in [1.82, 2.24) is 14.5 Å². The van der Waals surface area contributed by atoms with Gasteiger partial charge in [0.1, 0.15) is 4.88 Å². The van der Waals surface area contributed by atoms with Gasteiger partial charge in [0.05, 0.1) is 11.7 Å². The maximum atomic E-state index is 13.0. The highest BCUT2D eigenvalue weighted by atomic mass is 32.2. The molecule has 1 aromatic heterocycles. The van der Waals surface area contributed by atoms with Gasteiger partial charge >= 0.3 is 0 Å². The minimum absolute atomic E-state index is 0.0767. The number of thioether (sulfide) groups is 1. The van der Waals surface area contributed by atoms with Crippen LogP contribution in [-0.2, 0) is 6.42 Å². The Bertz CT molecular complexity index is 644. The Kier molecular flexibility index (Phi) is 4.78. The zero-order chi connectivity index (χ0) is 15.5. The molecule has 0 spiro atoms. The van der Waals surface area contributed by atoms with Crippen molar-refractivity contribution >= 4 is 29.2 Å². The fourth-order valence-corrected chi connectivity index (χ4v) is 4.75. The van der Waals surface area contributed by atoms with Crippen molar-refractivity contribution < 1.29 is 4.79 Å². The molecule has 2 aromatic rings. The van der Waals surface area contributed by atoms with E-state index in [9.17, 15) is 4.79 Å². The number of amides is 1. The summed E-state index contributed by atoms with van der Waals surface area (Å²) in [5, 5.41) is 4.46. The maximum absolute atomic E-state index is 13.0. The molecule has 22 heavy (non-hydrogen) atoms. The lowest BCUT2D eigenvalue weighted by atomic mass is 10.0. The van der Waals surface area contributed by atoms with E-state index in [1.54, 1.807) is 0 Å². The van der Waals surface area contributed by atoms with Crippen LogP contribution in [0.5, 0.6) is 0 Å². The van der Waals surface area contributed by atoms with E-state index < -0.39 is 0 Å². The first kappa shape index (κ1) is 15.5. The van der Waals surface area contributed by atoms with Crippen LogP contribution in [0.4, 0.5) is 0 Å². The van der Waals surface area contributed by atoms with Gasteiger partial charge in [-0.3, -0.25) is 4.79 Å². The monoisotopic (exact) mass is 333 g/mol. The first-order chi connectivity index (χ1) is 10.7. The summed E-state index contributed by atoms with van der Waals surface area (Å²) in [4.78, 5) is 15.7. The van der Waals surface area contributed by atoms with Crippen LogP contribution in [0.25, 0.3) is 0 Å². The van der Waals surface area contributed by atoms with Crippen molar-refractivity contribution in [2.45, 2.75) is 31.6 Å². The van der Waals surface area contributed by atoms with Gasteiger partial charge in [0.15, 0.2) is 0 Å². The molecular weight excluding hydrogens is 314 g/mol. The van der Waals surface area contributed by atoms with Crippen LogP contribution in [0, 0.1) is 0 Å². The molecule has 116 valence electrons. The number of rotatable bonds is 3. The molecule has 0 saturated carbocycles. The fraction of sp³-hybridized carbons (Fsp3) is 0.438. The number of benzene rings is 1. The second kappa shape index (κ2) is 6.79. The van der Waals surface area contributed by atoms with E-state index in [4.69, 9.17) is 0 Å². The highest BCUT2D eigenvalue weighted by Gasteiger charge is 2.35. The number of hydrogen-bond donors (Lipinski definition) is 0. The molecule has 3 rings (SSSR count). The molecule has 1 aliphatic heterocycles. The van der Waals surface area contributed by atoms with Crippen LogP contribution >= 0.6 is 23.3 Å². The number of nitrogens with zero attached hydrogens (tertiary/aromatic N) is 3. The molecule has 1 aromatic carbocycles. The van der Waals surface area contributed by atoms with Crippen molar-refractivity contribution in [2.24, 2.45) is 0 Å². The van der Waals surface area contributed by atoms with Crippen molar-refractivity contribution in [1.29, 1.82) is 0 Å². The minimum Gasteiger partial charge on any atom is -0.329 e. The lowest BCUT2D eigenvalue weighted by molar-refractivity contribution is 0.0684. The molecule has 0 bridgehead atoms. The average molecular weight is 333 g/mol. The zero-order valence-corrected chi connectivity index (χ0v) is 14.4. The molecule has 1 amide bonds. The summed E-state index contributed by atoms with van der Waals surface area (Å²) < 4.78 is 3.96. The third-order valence-electron chi connectivity index (χ3n) is 3.98. The van der Waals surface area contributed by atoms with Gasteiger partial charge in [0.25, 0.3) is 5.91 Å². The van der Waals surface area contributed by atoms with Crippen molar-refractivity contribution in [3.8, 4) is 0 Å². The molecule has 0 radical (unpaired) electrons. The lowest BCUT2D eigenvalue weighted by Gasteiger charge is -2.39. The topological polar surface area (TPSA) is 46.1 Å². The Balaban J connectivity index is 1.94. The quantitative estimate of drug-likeness (QED) is 0.863. The van der Waals surface area contributed by atoms with E-state index in [2.05, 4.69) is 28.6 Å². The van der Waals surface area contributed by atoms with Gasteiger partial charge in [-0.2, -0.15) is 11.8 Å². The third-order valence-corrected chi connectivity index (χ3v) is 5.94. The first-order valence-electron chi connectivity index (χ1n) is 7.51. The van der Waals surface area contributed by atoms with Crippen molar-refractivity contribution in [3.63, 3.8) is 0 Å². The smallest absolute Gasteiger partial charge is 0.268 e. The molecule has 6 heteroatoms. The Morgan fingerprint density at radius 1 is 1.36 bits per heavy atom. The summed E-state index contributed by atoms with van der Waals surface area (Å²) in [5.74, 6) is 1.05. The highest BCUT2D eigenvalue weighted by molar-refractivity contribution is 8.00. The van der Waals surface area contributed by atoms with Gasteiger partial charge in [0, 0.05) is 17.5 Å². The molecule has 2 heterocycles. The second-order valence-electron chi connectivity index (χ2n) is 5.33. The zero-order valence-electron chi connectivity index (χ0n) is 12.7. The number of hydrogen-bond acceptors (Lipinski definition) is 5. The number of aryl methyl sites for hydroxylation is 1.